The highest BCUT2D eigenvalue weighted by molar-refractivity contribution is 5.87. The van der Waals surface area contributed by atoms with Crippen molar-refractivity contribution in [2.24, 2.45) is 11.5 Å². The monoisotopic (exact) mass is 254 g/mol. The smallest absolute Gasteiger partial charge is 0.245 e. The van der Waals surface area contributed by atoms with Gasteiger partial charge in [-0.25, -0.2) is 0 Å². The second-order valence-corrected chi connectivity index (χ2v) is 3.65. The van der Waals surface area contributed by atoms with E-state index < -0.39 is 17.7 Å². The SMILES string of the molecule is NC(=O)CN(CC(N)=O)C(=O)Cn1cc(N)cn1. The van der Waals surface area contributed by atoms with Crippen molar-refractivity contribution >= 4 is 23.4 Å². The molecule has 0 spiro atoms. The summed E-state index contributed by atoms with van der Waals surface area (Å²) in [6.45, 7) is -0.908. The van der Waals surface area contributed by atoms with Crippen LogP contribution in [-0.4, -0.2) is 45.5 Å². The Labute approximate surface area is 102 Å². The molecule has 1 heterocycles. The van der Waals surface area contributed by atoms with Crippen molar-refractivity contribution in [1.29, 1.82) is 0 Å². The first-order valence-corrected chi connectivity index (χ1v) is 5.01. The van der Waals surface area contributed by atoms with Crippen molar-refractivity contribution in [2.45, 2.75) is 6.54 Å². The average Bonchev–Trinajstić information content (AvgIpc) is 2.61. The minimum absolute atomic E-state index is 0.155. The van der Waals surface area contributed by atoms with Crippen molar-refractivity contribution in [3.8, 4) is 0 Å². The highest BCUT2D eigenvalue weighted by Gasteiger charge is 2.18. The van der Waals surface area contributed by atoms with Crippen LogP contribution < -0.4 is 17.2 Å². The molecule has 1 aromatic rings. The van der Waals surface area contributed by atoms with Crippen molar-refractivity contribution in [3.63, 3.8) is 0 Å². The van der Waals surface area contributed by atoms with Gasteiger partial charge in [0.05, 0.1) is 25.0 Å². The molecule has 0 aliphatic rings. The van der Waals surface area contributed by atoms with Crippen LogP contribution >= 0.6 is 0 Å². The molecule has 0 saturated heterocycles. The molecule has 98 valence electrons. The number of amides is 3. The number of hydrogen-bond acceptors (Lipinski definition) is 5. The Bertz CT molecular complexity index is 453. The molecule has 3 amide bonds. The van der Waals surface area contributed by atoms with Crippen LogP contribution in [0.3, 0.4) is 0 Å². The topological polar surface area (TPSA) is 150 Å². The molecule has 0 fully saturated rings. The summed E-state index contributed by atoms with van der Waals surface area (Å²) in [6.07, 6.45) is 2.82. The molecule has 1 aromatic heterocycles. The first-order chi connectivity index (χ1) is 8.38. The third-order valence-electron chi connectivity index (χ3n) is 2.00. The fraction of sp³-hybridized carbons (Fsp3) is 0.333. The van der Waals surface area contributed by atoms with Gasteiger partial charge >= 0.3 is 0 Å². The molecule has 0 aliphatic heterocycles. The molecule has 0 saturated carbocycles. The molecular formula is C9H14N6O3. The minimum Gasteiger partial charge on any atom is -0.396 e. The number of nitrogens with two attached hydrogens (primary N) is 3. The van der Waals surface area contributed by atoms with Crippen LogP contribution in [0.25, 0.3) is 0 Å². The highest BCUT2D eigenvalue weighted by atomic mass is 16.2. The minimum atomic E-state index is -0.732. The van der Waals surface area contributed by atoms with Gasteiger partial charge in [-0.1, -0.05) is 0 Å². The number of aromatic nitrogens is 2. The van der Waals surface area contributed by atoms with E-state index in [4.69, 9.17) is 17.2 Å². The fourth-order valence-corrected chi connectivity index (χ4v) is 1.31. The largest absolute Gasteiger partial charge is 0.396 e. The third kappa shape index (κ3) is 4.12. The lowest BCUT2D eigenvalue weighted by Crippen LogP contribution is -2.44. The molecule has 0 atom stereocenters. The lowest BCUT2D eigenvalue weighted by molar-refractivity contribution is -0.138. The Kier molecular flexibility index (Phi) is 4.24. The normalized spacial score (nSPS) is 10.0. The molecule has 0 aliphatic carbocycles. The number of carbonyl (C=O) groups is 3. The molecule has 6 N–H and O–H groups in total. The van der Waals surface area contributed by atoms with Gasteiger partial charge in [0.25, 0.3) is 0 Å². The van der Waals surface area contributed by atoms with E-state index in [1.165, 1.54) is 17.1 Å². The van der Waals surface area contributed by atoms with Gasteiger partial charge in [-0.05, 0) is 0 Å². The average molecular weight is 254 g/mol. The molecule has 0 radical (unpaired) electrons. The molecule has 18 heavy (non-hydrogen) atoms. The molecule has 1 rings (SSSR count). The molecule has 0 unspecified atom stereocenters. The van der Waals surface area contributed by atoms with Crippen molar-refractivity contribution < 1.29 is 14.4 Å². The van der Waals surface area contributed by atoms with Crippen LogP contribution in [0.1, 0.15) is 0 Å². The summed E-state index contributed by atoms with van der Waals surface area (Å²) < 4.78 is 1.28. The predicted octanol–water partition coefficient (Wildman–Crippen LogP) is -2.74. The van der Waals surface area contributed by atoms with Crippen LogP contribution in [0.5, 0.6) is 0 Å². The van der Waals surface area contributed by atoms with Gasteiger partial charge in [-0.3, -0.25) is 19.1 Å². The number of rotatable bonds is 6. The zero-order valence-electron chi connectivity index (χ0n) is 9.57. The lowest BCUT2D eigenvalue weighted by atomic mass is 10.4. The van der Waals surface area contributed by atoms with E-state index in [0.717, 1.165) is 4.90 Å². The summed E-state index contributed by atoms with van der Waals surface area (Å²) in [6, 6.07) is 0. The van der Waals surface area contributed by atoms with E-state index in [0.29, 0.717) is 5.69 Å². The highest BCUT2D eigenvalue weighted by Crippen LogP contribution is 1.99. The van der Waals surface area contributed by atoms with Crippen molar-refractivity contribution in [3.05, 3.63) is 12.4 Å². The maximum Gasteiger partial charge on any atom is 0.245 e. The van der Waals surface area contributed by atoms with Crippen LogP contribution in [0.2, 0.25) is 0 Å². The first kappa shape index (κ1) is 13.5. The van der Waals surface area contributed by atoms with Crippen LogP contribution in [0.4, 0.5) is 5.69 Å². The first-order valence-electron chi connectivity index (χ1n) is 5.01. The van der Waals surface area contributed by atoms with E-state index in [9.17, 15) is 14.4 Å². The summed E-state index contributed by atoms with van der Waals surface area (Å²) >= 11 is 0. The van der Waals surface area contributed by atoms with Crippen LogP contribution in [0.15, 0.2) is 12.4 Å². The second kappa shape index (κ2) is 5.66. The molecular weight excluding hydrogens is 240 g/mol. The Balaban J connectivity index is 2.69. The molecule has 0 bridgehead atoms. The molecule has 0 aromatic carbocycles. The zero-order chi connectivity index (χ0) is 13.7. The maximum absolute atomic E-state index is 11.8. The summed E-state index contributed by atoms with van der Waals surface area (Å²) in [7, 11) is 0. The number of nitrogens with zero attached hydrogens (tertiary/aromatic N) is 3. The van der Waals surface area contributed by atoms with Gasteiger partial charge in [0.2, 0.25) is 17.7 Å². The third-order valence-corrected chi connectivity index (χ3v) is 2.00. The Hall–Kier alpha value is -2.58. The maximum atomic E-state index is 11.8. The zero-order valence-corrected chi connectivity index (χ0v) is 9.57. The lowest BCUT2D eigenvalue weighted by Gasteiger charge is -2.19. The van der Waals surface area contributed by atoms with Crippen LogP contribution in [0, 0.1) is 0 Å². The van der Waals surface area contributed by atoms with E-state index in [1.807, 2.05) is 0 Å². The fourth-order valence-electron chi connectivity index (χ4n) is 1.31. The van der Waals surface area contributed by atoms with Gasteiger partial charge in [-0.15, -0.1) is 0 Å². The number of nitrogen functional groups attached to an aromatic ring is 1. The molecule has 9 heteroatoms. The summed E-state index contributed by atoms with van der Waals surface area (Å²) in [5.41, 5.74) is 15.8. The van der Waals surface area contributed by atoms with Gasteiger partial charge < -0.3 is 22.1 Å². The quantitative estimate of drug-likeness (QED) is 0.503. The number of primary amides is 2. The summed E-state index contributed by atoms with van der Waals surface area (Å²) in [4.78, 5) is 34.3. The Morgan fingerprint density at radius 2 is 1.78 bits per heavy atom. The van der Waals surface area contributed by atoms with Gasteiger partial charge in [0.15, 0.2) is 0 Å². The number of hydrogen-bond donors (Lipinski definition) is 3. The van der Waals surface area contributed by atoms with Gasteiger partial charge in [0, 0.05) is 6.20 Å². The van der Waals surface area contributed by atoms with E-state index >= 15 is 0 Å². The van der Waals surface area contributed by atoms with Gasteiger partial charge in [-0.2, -0.15) is 5.10 Å². The summed E-state index contributed by atoms with van der Waals surface area (Å²) in [5.74, 6) is -1.97. The van der Waals surface area contributed by atoms with E-state index in [-0.39, 0.29) is 19.6 Å². The summed E-state index contributed by atoms with van der Waals surface area (Å²) in [5, 5.41) is 3.81. The Morgan fingerprint density at radius 3 is 2.17 bits per heavy atom. The van der Waals surface area contributed by atoms with Crippen molar-refractivity contribution in [2.75, 3.05) is 18.8 Å². The number of carbonyl (C=O) groups excluding carboxylic acids is 3. The Morgan fingerprint density at radius 1 is 1.22 bits per heavy atom. The van der Waals surface area contributed by atoms with E-state index in [1.54, 1.807) is 0 Å². The standard InChI is InChI=1S/C9H14N6O3/c10-6-1-13-15(2-6)5-9(18)14(3-7(11)16)4-8(12)17/h1-2H,3-5,10H2,(H2,11,16)(H2,12,17). The van der Waals surface area contributed by atoms with Gasteiger partial charge in [0.1, 0.15) is 6.54 Å². The van der Waals surface area contributed by atoms with Crippen molar-refractivity contribution in [1.82, 2.24) is 14.7 Å². The second-order valence-electron chi connectivity index (χ2n) is 3.65. The van der Waals surface area contributed by atoms with Crippen LogP contribution in [-0.2, 0) is 20.9 Å². The molecule has 9 nitrogen and oxygen atoms in total. The number of anilines is 1. The van der Waals surface area contributed by atoms with E-state index in [2.05, 4.69) is 5.10 Å². The predicted molar refractivity (Wildman–Crippen MR) is 61.6 cm³/mol.